The molecular formula is C25H21N5O4. The van der Waals surface area contributed by atoms with Gasteiger partial charge in [-0.15, -0.1) is 0 Å². The zero-order valence-electron chi connectivity index (χ0n) is 18.3. The van der Waals surface area contributed by atoms with Crippen LogP contribution in [0.5, 0.6) is 5.75 Å². The van der Waals surface area contributed by atoms with Crippen molar-refractivity contribution in [1.29, 1.82) is 0 Å². The predicted octanol–water partition coefficient (Wildman–Crippen LogP) is 4.62. The van der Waals surface area contributed by atoms with Crippen molar-refractivity contribution in [2.24, 2.45) is 0 Å². The van der Waals surface area contributed by atoms with Crippen LogP contribution >= 0.6 is 0 Å². The van der Waals surface area contributed by atoms with Crippen molar-refractivity contribution in [2.75, 3.05) is 17.3 Å². The number of rotatable bonds is 6. The number of anilines is 2. The van der Waals surface area contributed by atoms with E-state index in [1.54, 1.807) is 18.1 Å². The molecule has 0 saturated heterocycles. The molecule has 0 aliphatic carbocycles. The van der Waals surface area contributed by atoms with Gasteiger partial charge in [-0.05, 0) is 42.0 Å². The fourth-order valence-corrected chi connectivity index (χ4v) is 4.14. The van der Waals surface area contributed by atoms with Gasteiger partial charge in [-0.3, -0.25) is 24.5 Å². The first-order valence-corrected chi connectivity index (χ1v) is 10.6. The van der Waals surface area contributed by atoms with Crippen molar-refractivity contribution in [3.63, 3.8) is 0 Å². The van der Waals surface area contributed by atoms with Crippen molar-refractivity contribution in [1.82, 2.24) is 9.78 Å². The van der Waals surface area contributed by atoms with Gasteiger partial charge >= 0.3 is 5.69 Å². The highest BCUT2D eigenvalue weighted by Crippen LogP contribution is 2.37. The highest BCUT2D eigenvalue weighted by atomic mass is 16.6. The van der Waals surface area contributed by atoms with E-state index in [1.807, 2.05) is 66.7 Å². The Hall–Kier alpha value is -4.66. The molecule has 0 saturated carbocycles. The Labute approximate surface area is 195 Å². The summed E-state index contributed by atoms with van der Waals surface area (Å²) in [5.74, 6) is 0.515. The second-order valence-electron chi connectivity index (χ2n) is 7.83. The Balaban J connectivity index is 1.57. The maximum absolute atomic E-state index is 13.5. The SMILES string of the molecule is COc1ccc([C@@H]2Nc3ccccc3C(=O)N2c2ccccc2)cc1Cn1cc([N+](=O)[O-])cn1. The molecule has 1 amide bonds. The summed E-state index contributed by atoms with van der Waals surface area (Å²) in [6.07, 6.45) is 2.12. The third-order valence-corrected chi connectivity index (χ3v) is 5.74. The monoisotopic (exact) mass is 455 g/mol. The number of hydrogen-bond donors (Lipinski definition) is 1. The fourth-order valence-electron chi connectivity index (χ4n) is 4.14. The molecule has 5 rings (SSSR count). The number of hydrogen-bond acceptors (Lipinski definition) is 6. The standard InChI is InChI=1S/C25H21N5O4/c1-34-23-12-11-17(13-18(23)15-28-16-20(14-26-28)30(32)33)24-27-22-10-6-5-9-21(22)25(31)29(24)19-7-3-2-4-8-19/h2-14,16,24,27H,15H2,1H3/t24-/m1/s1. The molecule has 1 aliphatic rings. The second-order valence-corrected chi connectivity index (χ2v) is 7.83. The lowest BCUT2D eigenvalue weighted by Gasteiger charge is -2.38. The first-order chi connectivity index (χ1) is 16.5. The van der Waals surface area contributed by atoms with E-state index < -0.39 is 11.1 Å². The van der Waals surface area contributed by atoms with Crippen molar-refractivity contribution >= 4 is 23.0 Å². The minimum atomic E-state index is -0.482. The Bertz CT molecular complexity index is 1370. The van der Waals surface area contributed by atoms with Gasteiger partial charge in [0.25, 0.3) is 5.91 Å². The van der Waals surface area contributed by atoms with Gasteiger partial charge in [-0.2, -0.15) is 5.10 Å². The molecule has 1 aliphatic heterocycles. The van der Waals surface area contributed by atoms with Crippen molar-refractivity contribution in [3.8, 4) is 5.75 Å². The van der Waals surface area contributed by atoms with Crippen LogP contribution in [0.3, 0.4) is 0 Å². The van der Waals surface area contributed by atoms with Gasteiger partial charge in [0.05, 0.1) is 24.1 Å². The van der Waals surface area contributed by atoms with Crippen LogP contribution in [-0.4, -0.2) is 27.7 Å². The average molecular weight is 455 g/mol. The summed E-state index contributed by atoms with van der Waals surface area (Å²) >= 11 is 0. The zero-order valence-corrected chi connectivity index (χ0v) is 18.3. The third kappa shape index (κ3) is 3.83. The molecule has 4 aromatic rings. The van der Waals surface area contributed by atoms with E-state index in [-0.39, 0.29) is 18.1 Å². The maximum Gasteiger partial charge on any atom is 0.307 e. The molecule has 1 aromatic heterocycles. The van der Waals surface area contributed by atoms with Crippen LogP contribution in [0.4, 0.5) is 17.1 Å². The van der Waals surface area contributed by atoms with Crippen molar-refractivity contribution in [3.05, 3.63) is 112 Å². The molecule has 9 heteroatoms. The summed E-state index contributed by atoms with van der Waals surface area (Å²) < 4.78 is 7.02. The van der Waals surface area contributed by atoms with Gasteiger partial charge in [-0.25, -0.2) is 0 Å². The van der Waals surface area contributed by atoms with Gasteiger partial charge in [0.15, 0.2) is 0 Å². The summed E-state index contributed by atoms with van der Waals surface area (Å²) in [4.78, 5) is 25.8. The lowest BCUT2D eigenvalue weighted by atomic mass is 10.0. The summed E-state index contributed by atoms with van der Waals surface area (Å²) in [7, 11) is 1.57. The molecule has 0 fully saturated rings. The largest absolute Gasteiger partial charge is 0.496 e. The highest BCUT2D eigenvalue weighted by Gasteiger charge is 2.34. The molecule has 9 nitrogen and oxygen atoms in total. The molecule has 2 heterocycles. The Morgan fingerprint density at radius 3 is 2.59 bits per heavy atom. The number of nitrogens with one attached hydrogen (secondary N) is 1. The topological polar surface area (TPSA) is 103 Å². The van der Waals surface area contributed by atoms with E-state index in [4.69, 9.17) is 4.74 Å². The number of carbonyl (C=O) groups is 1. The average Bonchev–Trinajstić information content (AvgIpc) is 3.33. The maximum atomic E-state index is 13.5. The Morgan fingerprint density at radius 2 is 1.85 bits per heavy atom. The van der Waals surface area contributed by atoms with E-state index >= 15 is 0 Å². The number of nitrogens with zero attached hydrogens (tertiary/aromatic N) is 4. The van der Waals surface area contributed by atoms with Crippen LogP contribution in [0.1, 0.15) is 27.7 Å². The summed E-state index contributed by atoms with van der Waals surface area (Å²) in [5.41, 5.74) is 3.65. The molecule has 0 bridgehead atoms. The Kier molecular flexibility index (Phi) is 5.43. The van der Waals surface area contributed by atoms with Gasteiger partial charge < -0.3 is 10.1 Å². The van der Waals surface area contributed by atoms with Gasteiger partial charge in [-0.1, -0.05) is 36.4 Å². The molecule has 1 atom stereocenters. The van der Waals surface area contributed by atoms with E-state index in [1.165, 1.54) is 17.1 Å². The number of carbonyl (C=O) groups excluding carboxylic acids is 1. The van der Waals surface area contributed by atoms with Crippen LogP contribution in [0, 0.1) is 10.1 Å². The number of fused-ring (bicyclic) bond motifs is 1. The van der Waals surface area contributed by atoms with Gasteiger partial charge in [0, 0.05) is 16.9 Å². The van der Waals surface area contributed by atoms with Crippen LogP contribution in [-0.2, 0) is 6.54 Å². The van der Waals surface area contributed by atoms with Crippen molar-refractivity contribution < 1.29 is 14.5 Å². The molecule has 0 radical (unpaired) electrons. The predicted molar refractivity (Wildman–Crippen MR) is 127 cm³/mol. The zero-order chi connectivity index (χ0) is 23.7. The van der Waals surface area contributed by atoms with E-state index in [0.717, 1.165) is 22.5 Å². The van der Waals surface area contributed by atoms with Crippen LogP contribution in [0.25, 0.3) is 0 Å². The van der Waals surface area contributed by atoms with Crippen LogP contribution in [0.2, 0.25) is 0 Å². The molecule has 170 valence electrons. The Morgan fingerprint density at radius 1 is 1.09 bits per heavy atom. The van der Waals surface area contributed by atoms with E-state index in [2.05, 4.69) is 10.4 Å². The molecule has 34 heavy (non-hydrogen) atoms. The van der Waals surface area contributed by atoms with Crippen LogP contribution < -0.4 is 15.0 Å². The number of benzene rings is 3. The first kappa shape index (κ1) is 21.2. The van der Waals surface area contributed by atoms with Gasteiger partial charge in [0.1, 0.15) is 24.3 Å². The molecule has 0 unspecified atom stereocenters. The number of amides is 1. The molecular weight excluding hydrogens is 434 g/mol. The third-order valence-electron chi connectivity index (χ3n) is 5.74. The number of nitro groups is 1. The second kappa shape index (κ2) is 8.70. The smallest absolute Gasteiger partial charge is 0.307 e. The highest BCUT2D eigenvalue weighted by molar-refractivity contribution is 6.12. The molecule has 1 N–H and O–H groups in total. The summed E-state index contributed by atoms with van der Waals surface area (Å²) in [5, 5.41) is 18.6. The molecule has 3 aromatic carbocycles. The minimum Gasteiger partial charge on any atom is -0.496 e. The summed E-state index contributed by atoms with van der Waals surface area (Å²) in [6, 6.07) is 22.6. The van der Waals surface area contributed by atoms with Gasteiger partial charge in [0.2, 0.25) is 0 Å². The normalized spacial score (nSPS) is 14.9. The van der Waals surface area contributed by atoms with E-state index in [9.17, 15) is 14.9 Å². The fraction of sp³-hybridized carbons (Fsp3) is 0.120. The quantitative estimate of drug-likeness (QED) is 0.336. The minimum absolute atomic E-state index is 0.0819. The van der Waals surface area contributed by atoms with Crippen LogP contribution in [0.15, 0.2) is 85.2 Å². The van der Waals surface area contributed by atoms with Crippen molar-refractivity contribution in [2.45, 2.75) is 12.7 Å². The number of aromatic nitrogens is 2. The van der Waals surface area contributed by atoms with E-state index in [0.29, 0.717) is 11.3 Å². The number of para-hydroxylation sites is 2. The lowest BCUT2D eigenvalue weighted by Crippen LogP contribution is -2.43. The first-order valence-electron chi connectivity index (χ1n) is 10.6. The molecule has 0 spiro atoms. The lowest BCUT2D eigenvalue weighted by molar-refractivity contribution is -0.385. The summed E-state index contributed by atoms with van der Waals surface area (Å²) in [6.45, 7) is 0.271. The number of methoxy groups -OCH3 is 1. The number of ether oxygens (including phenoxy) is 1.